The minimum absolute atomic E-state index is 0.148. The van der Waals surface area contributed by atoms with Gasteiger partial charge in [0.25, 0.3) is 17.1 Å². The zero-order valence-corrected chi connectivity index (χ0v) is 19.7. The number of rotatable bonds is 7. The first-order valence-electron chi connectivity index (χ1n) is 10.8. The fourth-order valence-electron chi connectivity index (χ4n) is 3.51. The van der Waals surface area contributed by atoms with E-state index >= 15 is 0 Å². The van der Waals surface area contributed by atoms with Gasteiger partial charge in [-0.2, -0.15) is 0 Å². The van der Waals surface area contributed by atoms with Gasteiger partial charge in [-0.1, -0.05) is 48.5 Å². The molecular weight excluding hydrogens is 448 g/mol. The van der Waals surface area contributed by atoms with Crippen LogP contribution in [0.4, 0.5) is 10.5 Å². The lowest BCUT2D eigenvalue weighted by Gasteiger charge is -2.14. The zero-order chi connectivity index (χ0) is 24.1. The number of imide groups is 1. The molecule has 1 N–H and O–H groups in total. The van der Waals surface area contributed by atoms with Crippen LogP contribution in [0, 0.1) is 13.8 Å². The zero-order valence-electron chi connectivity index (χ0n) is 18.9. The van der Waals surface area contributed by atoms with Crippen LogP contribution in [0.1, 0.15) is 22.3 Å². The van der Waals surface area contributed by atoms with Gasteiger partial charge in [-0.05, 0) is 78.2 Å². The molecule has 34 heavy (non-hydrogen) atoms. The number of amides is 3. The summed E-state index contributed by atoms with van der Waals surface area (Å²) in [5, 5.41) is 2.51. The van der Waals surface area contributed by atoms with Crippen LogP contribution in [0.3, 0.4) is 0 Å². The normalized spacial score (nSPS) is 14.5. The standard InChI is InChI=1S/C27H24N2O4S/c1-18-7-5-11-22(13-18)28-25(30)17-33-23-12-6-9-20(14-23)15-24-26(31)29(27(32)34-24)16-21-10-4-3-8-19(21)2/h3-15H,16-17H2,1-2H3,(H,28,30)/b24-15-. The summed E-state index contributed by atoms with van der Waals surface area (Å²) in [6, 6.07) is 22.3. The molecule has 1 heterocycles. The van der Waals surface area contributed by atoms with E-state index < -0.39 is 0 Å². The number of nitrogens with one attached hydrogen (secondary N) is 1. The largest absolute Gasteiger partial charge is 0.484 e. The molecule has 3 amide bonds. The topological polar surface area (TPSA) is 75.7 Å². The summed E-state index contributed by atoms with van der Waals surface area (Å²) < 4.78 is 5.63. The molecule has 3 aromatic carbocycles. The van der Waals surface area contributed by atoms with E-state index in [1.807, 2.05) is 68.4 Å². The summed E-state index contributed by atoms with van der Waals surface area (Å²) in [5.41, 5.74) is 4.43. The Hall–Kier alpha value is -3.84. The molecule has 7 heteroatoms. The Bertz CT molecular complexity index is 1280. The van der Waals surface area contributed by atoms with Gasteiger partial charge in [-0.15, -0.1) is 0 Å². The van der Waals surface area contributed by atoms with Gasteiger partial charge in [-0.3, -0.25) is 19.3 Å². The molecule has 172 valence electrons. The first-order chi connectivity index (χ1) is 16.4. The average Bonchev–Trinajstić information content (AvgIpc) is 3.07. The number of benzene rings is 3. The Labute approximate surface area is 202 Å². The number of hydrogen-bond donors (Lipinski definition) is 1. The summed E-state index contributed by atoms with van der Waals surface area (Å²) in [6.07, 6.45) is 1.67. The molecule has 0 aromatic heterocycles. The molecule has 0 saturated carbocycles. The van der Waals surface area contributed by atoms with Crippen molar-refractivity contribution in [2.45, 2.75) is 20.4 Å². The average molecular weight is 473 g/mol. The Morgan fingerprint density at radius 2 is 1.79 bits per heavy atom. The monoisotopic (exact) mass is 472 g/mol. The molecular formula is C27H24N2O4S. The van der Waals surface area contributed by atoms with Crippen molar-refractivity contribution in [3.63, 3.8) is 0 Å². The van der Waals surface area contributed by atoms with Crippen molar-refractivity contribution in [1.29, 1.82) is 0 Å². The molecule has 1 saturated heterocycles. The van der Waals surface area contributed by atoms with Gasteiger partial charge in [-0.25, -0.2) is 0 Å². The van der Waals surface area contributed by atoms with E-state index in [0.717, 1.165) is 28.5 Å². The molecule has 0 radical (unpaired) electrons. The lowest BCUT2D eigenvalue weighted by Crippen LogP contribution is -2.27. The molecule has 6 nitrogen and oxygen atoms in total. The van der Waals surface area contributed by atoms with Crippen molar-refractivity contribution in [1.82, 2.24) is 4.90 Å². The second kappa shape index (κ2) is 10.4. The number of carbonyl (C=O) groups is 3. The first-order valence-corrected chi connectivity index (χ1v) is 11.6. The molecule has 0 spiro atoms. The Balaban J connectivity index is 1.40. The number of anilines is 1. The quantitative estimate of drug-likeness (QED) is 0.456. The highest BCUT2D eigenvalue weighted by Crippen LogP contribution is 2.34. The van der Waals surface area contributed by atoms with Gasteiger partial charge >= 0.3 is 0 Å². The summed E-state index contributed by atoms with van der Waals surface area (Å²) in [4.78, 5) is 39.2. The summed E-state index contributed by atoms with van der Waals surface area (Å²) in [6.45, 7) is 4.00. The van der Waals surface area contributed by atoms with Crippen molar-refractivity contribution in [2.75, 3.05) is 11.9 Å². The third kappa shape index (κ3) is 5.74. The predicted molar refractivity (Wildman–Crippen MR) is 134 cm³/mol. The summed E-state index contributed by atoms with van der Waals surface area (Å²) >= 11 is 0.922. The predicted octanol–water partition coefficient (Wildman–Crippen LogP) is 5.56. The first kappa shape index (κ1) is 23.3. The number of hydrogen-bond acceptors (Lipinski definition) is 5. The molecule has 1 aliphatic heterocycles. The smallest absolute Gasteiger partial charge is 0.293 e. The number of carbonyl (C=O) groups excluding carboxylic acids is 3. The minimum atomic E-state index is -0.317. The third-order valence-corrected chi connectivity index (χ3v) is 6.20. The van der Waals surface area contributed by atoms with Gasteiger partial charge in [0, 0.05) is 5.69 Å². The Kier molecular flexibility index (Phi) is 7.13. The van der Waals surface area contributed by atoms with Crippen molar-refractivity contribution in [3.8, 4) is 5.75 Å². The maximum absolute atomic E-state index is 12.9. The van der Waals surface area contributed by atoms with Crippen LogP contribution >= 0.6 is 11.8 Å². The molecule has 0 atom stereocenters. The maximum Gasteiger partial charge on any atom is 0.293 e. The highest BCUT2D eigenvalue weighted by molar-refractivity contribution is 8.18. The lowest BCUT2D eigenvalue weighted by molar-refractivity contribution is -0.123. The van der Waals surface area contributed by atoms with E-state index in [1.54, 1.807) is 24.3 Å². The van der Waals surface area contributed by atoms with E-state index in [9.17, 15) is 14.4 Å². The highest BCUT2D eigenvalue weighted by Gasteiger charge is 2.35. The van der Waals surface area contributed by atoms with Crippen molar-refractivity contribution in [2.24, 2.45) is 0 Å². The SMILES string of the molecule is Cc1cccc(NC(=O)COc2cccc(/C=C3\SC(=O)N(Cc4ccccc4C)C3=O)c2)c1. The van der Waals surface area contributed by atoms with E-state index in [2.05, 4.69) is 5.32 Å². The van der Waals surface area contributed by atoms with Gasteiger partial charge < -0.3 is 10.1 Å². The number of ether oxygens (including phenoxy) is 1. The van der Waals surface area contributed by atoms with Gasteiger partial charge in [0.05, 0.1) is 11.4 Å². The highest BCUT2D eigenvalue weighted by atomic mass is 32.2. The molecule has 1 fully saturated rings. The molecule has 0 aliphatic carbocycles. The fourth-order valence-corrected chi connectivity index (χ4v) is 4.35. The van der Waals surface area contributed by atoms with Crippen LogP contribution in [-0.2, 0) is 16.1 Å². The molecule has 4 rings (SSSR count). The summed E-state index contributed by atoms with van der Waals surface area (Å²) in [5.74, 6) is -0.0947. The molecule has 0 unspecified atom stereocenters. The van der Waals surface area contributed by atoms with E-state index in [0.29, 0.717) is 21.9 Å². The lowest BCUT2D eigenvalue weighted by atomic mass is 10.1. The second-order valence-electron chi connectivity index (χ2n) is 7.97. The van der Waals surface area contributed by atoms with E-state index in [-0.39, 0.29) is 30.2 Å². The minimum Gasteiger partial charge on any atom is -0.484 e. The van der Waals surface area contributed by atoms with Gasteiger partial charge in [0.2, 0.25) is 0 Å². The van der Waals surface area contributed by atoms with Crippen molar-refractivity contribution >= 4 is 40.6 Å². The van der Waals surface area contributed by atoms with E-state index in [1.165, 1.54) is 4.90 Å². The fraction of sp³-hybridized carbons (Fsp3) is 0.148. The summed E-state index contributed by atoms with van der Waals surface area (Å²) in [7, 11) is 0. The van der Waals surface area contributed by atoms with Crippen molar-refractivity contribution in [3.05, 3.63) is 100.0 Å². The van der Waals surface area contributed by atoms with Crippen LogP contribution in [0.2, 0.25) is 0 Å². The molecule has 3 aromatic rings. The third-order valence-electron chi connectivity index (χ3n) is 5.29. The van der Waals surface area contributed by atoms with Crippen molar-refractivity contribution < 1.29 is 19.1 Å². The van der Waals surface area contributed by atoms with Crippen LogP contribution in [-0.4, -0.2) is 28.6 Å². The number of aryl methyl sites for hydroxylation is 2. The van der Waals surface area contributed by atoms with E-state index in [4.69, 9.17) is 4.74 Å². The molecule has 0 bridgehead atoms. The van der Waals surface area contributed by atoms with Crippen LogP contribution in [0.15, 0.2) is 77.7 Å². The van der Waals surface area contributed by atoms with Crippen LogP contribution < -0.4 is 10.1 Å². The number of nitrogens with zero attached hydrogens (tertiary/aromatic N) is 1. The maximum atomic E-state index is 12.9. The van der Waals surface area contributed by atoms with Crippen LogP contribution in [0.5, 0.6) is 5.75 Å². The number of thioether (sulfide) groups is 1. The second-order valence-corrected chi connectivity index (χ2v) is 8.97. The van der Waals surface area contributed by atoms with Crippen LogP contribution in [0.25, 0.3) is 6.08 Å². The molecule has 1 aliphatic rings. The van der Waals surface area contributed by atoms with Gasteiger partial charge in [0.1, 0.15) is 5.75 Å². The Morgan fingerprint density at radius 3 is 2.59 bits per heavy atom. The van der Waals surface area contributed by atoms with Gasteiger partial charge in [0.15, 0.2) is 6.61 Å². The Morgan fingerprint density at radius 1 is 1.00 bits per heavy atom.